The first-order valence-electron chi connectivity index (χ1n) is 3.23. The van der Waals surface area contributed by atoms with Crippen molar-refractivity contribution in [3.05, 3.63) is 22.5 Å². The molecule has 0 aliphatic carbocycles. The molecule has 0 atom stereocenters. The lowest BCUT2D eigenvalue weighted by Gasteiger charge is -2.05. The number of rotatable bonds is 1. The number of aromatic nitrogens is 1. The summed E-state index contributed by atoms with van der Waals surface area (Å²) in [5, 5.41) is -0.184. The second kappa shape index (κ2) is 3.23. The van der Waals surface area contributed by atoms with Gasteiger partial charge in [0.05, 0.1) is 16.9 Å². The minimum Gasteiger partial charge on any atom is -0.397 e. The van der Waals surface area contributed by atoms with Gasteiger partial charge in [0.25, 0.3) is 6.43 Å². The van der Waals surface area contributed by atoms with E-state index in [9.17, 15) is 8.78 Å². The number of nitrogens with two attached hydrogens (primary N) is 1. The summed E-state index contributed by atoms with van der Waals surface area (Å²) in [7, 11) is 0. The van der Waals surface area contributed by atoms with Crippen LogP contribution < -0.4 is 5.73 Å². The molecule has 5 heteroatoms. The fraction of sp³-hybridized carbons (Fsp3) is 0.286. The third-order valence-electron chi connectivity index (χ3n) is 1.47. The third-order valence-corrected chi connectivity index (χ3v) is 1.77. The zero-order chi connectivity index (χ0) is 9.30. The topological polar surface area (TPSA) is 38.9 Å². The predicted octanol–water partition coefficient (Wildman–Crippen LogP) is 2.56. The third kappa shape index (κ3) is 1.64. The van der Waals surface area contributed by atoms with E-state index in [4.69, 9.17) is 17.3 Å². The molecular weight excluding hydrogens is 186 g/mol. The minimum absolute atomic E-state index is 0.184. The van der Waals surface area contributed by atoms with Crippen LogP contribution >= 0.6 is 11.6 Å². The van der Waals surface area contributed by atoms with E-state index in [1.165, 1.54) is 0 Å². The highest BCUT2D eigenvalue weighted by molar-refractivity contribution is 6.30. The van der Waals surface area contributed by atoms with Crippen LogP contribution in [0.4, 0.5) is 14.5 Å². The number of hydrogen-bond acceptors (Lipinski definition) is 2. The van der Waals surface area contributed by atoms with Gasteiger partial charge < -0.3 is 5.73 Å². The molecule has 2 N–H and O–H groups in total. The maximum absolute atomic E-state index is 12.2. The van der Waals surface area contributed by atoms with Crippen molar-refractivity contribution >= 4 is 17.3 Å². The fourth-order valence-electron chi connectivity index (χ4n) is 0.761. The largest absolute Gasteiger partial charge is 0.397 e. The van der Waals surface area contributed by atoms with Crippen LogP contribution in [0.25, 0.3) is 0 Å². The summed E-state index contributed by atoms with van der Waals surface area (Å²) in [6, 6.07) is 1.15. The van der Waals surface area contributed by atoms with Crippen LogP contribution in [0.1, 0.15) is 17.7 Å². The summed E-state index contributed by atoms with van der Waals surface area (Å²) in [4.78, 5) is 3.65. The van der Waals surface area contributed by atoms with Crippen molar-refractivity contribution in [3.63, 3.8) is 0 Å². The van der Waals surface area contributed by atoms with Crippen LogP contribution in [-0.2, 0) is 0 Å². The summed E-state index contributed by atoms with van der Waals surface area (Å²) < 4.78 is 24.3. The quantitative estimate of drug-likeness (QED) is 0.695. The highest BCUT2D eigenvalue weighted by Gasteiger charge is 2.14. The average Bonchev–Trinajstić information content (AvgIpc) is 1.96. The molecule has 0 radical (unpaired) electrons. The zero-order valence-electron chi connectivity index (χ0n) is 6.31. The second-order valence-corrected chi connectivity index (χ2v) is 2.70. The first-order valence-corrected chi connectivity index (χ1v) is 3.61. The molecule has 12 heavy (non-hydrogen) atoms. The van der Waals surface area contributed by atoms with Crippen molar-refractivity contribution in [2.24, 2.45) is 0 Å². The van der Waals surface area contributed by atoms with Gasteiger partial charge in [-0.2, -0.15) is 0 Å². The number of anilines is 1. The van der Waals surface area contributed by atoms with Gasteiger partial charge in [-0.1, -0.05) is 11.6 Å². The number of alkyl halides is 2. The van der Waals surface area contributed by atoms with Crippen LogP contribution in [0.3, 0.4) is 0 Å². The zero-order valence-corrected chi connectivity index (χ0v) is 7.07. The summed E-state index contributed by atoms with van der Waals surface area (Å²) in [5.74, 6) is 0. The van der Waals surface area contributed by atoms with Crippen LogP contribution in [0.5, 0.6) is 0 Å². The Balaban J connectivity index is 3.23. The van der Waals surface area contributed by atoms with E-state index in [1.54, 1.807) is 6.92 Å². The summed E-state index contributed by atoms with van der Waals surface area (Å²) in [6.07, 6.45) is -2.63. The first-order chi connectivity index (χ1) is 5.52. The van der Waals surface area contributed by atoms with Gasteiger partial charge in [0.1, 0.15) is 5.15 Å². The van der Waals surface area contributed by atoms with Gasteiger partial charge in [0.15, 0.2) is 0 Å². The van der Waals surface area contributed by atoms with Crippen LogP contribution in [0.15, 0.2) is 6.07 Å². The van der Waals surface area contributed by atoms with Crippen molar-refractivity contribution in [1.29, 1.82) is 0 Å². The fourth-order valence-corrected chi connectivity index (χ4v) is 1.02. The standard InChI is InChI=1S/C7H7ClF2N2/c1-3-5(11)2-4(7(9)10)6(8)12-3/h2,7H,11H2,1H3. The van der Waals surface area contributed by atoms with Crippen molar-refractivity contribution < 1.29 is 8.78 Å². The number of aryl methyl sites for hydroxylation is 1. The molecule has 1 aromatic rings. The Morgan fingerprint density at radius 2 is 2.17 bits per heavy atom. The Morgan fingerprint density at radius 3 is 2.67 bits per heavy atom. The van der Waals surface area contributed by atoms with Crippen LogP contribution in [0, 0.1) is 6.92 Å². The lowest BCUT2D eigenvalue weighted by atomic mass is 10.2. The Labute approximate surface area is 73.4 Å². The molecule has 0 aromatic carbocycles. The normalized spacial score (nSPS) is 10.8. The monoisotopic (exact) mass is 192 g/mol. The van der Waals surface area contributed by atoms with E-state index >= 15 is 0 Å². The van der Waals surface area contributed by atoms with Crippen LogP contribution in [0.2, 0.25) is 5.15 Å². The SMILES string of the molecule is Cc1nc(Cl)c(C(F)F)cc1N. The minimum atomic E-state index is -2.63. The molecule has 2 nitrogen and oxygen atoms in total. The lowest BCUT2D eigenvalue weighted by Crippen LogP contribution is -1.97. The van der Waals surface area contributed by atoms with Gasteiger partial charge in [-0.3, -0.25) is 0 Å². The van der Waals surface area contributed by atoms with E-state index in [-0.39, 0.29) is 16.4 Å². The van der Waals surface area contributed by atoms with Gasteiger partial charge in [0, 0.05) is 0 Å². The summed E-state index contributed by atoms with van der Waals surface area (Å²) in [6.45, 7) is 1.61. The van der Waals surface area contributed by atoms with Crippen molar-refractivity contribution in [1.82, 2.24) is 4.98 Å². The smallest absolute Gasteiger partial charge is 0.266 e. The van der Waals surface area contributed by atoms with Gasteiger partial charge >= 0.3 is 0 Å². The Hall–Kier alpha value is -0.900. The van der Waals surface area contributed by atoms with E-state index in [0.717, 1.165) is 6.07 Å². The lowest BCUT2D eigenvalue weighted by molar-refractivity contribution is 0.151. The molecule has 0 bridgehead atoms. The van der Waals surface area contributed by atoms with Gasteiger partial charge in [-0.05, 0) is 13.0 Å². The summed E-state index contributed by atoms with van der Waals surface area (Å²) >= 11 is 5.45. The highest BCUT2D eigenvalue weighted by Crippen LogP contribution is 2.27. The van der Waals surface area contributed by atoms with E-state index in [1.807, 2.05) is 0 Å². The van der Waals surface area contributed by atoms with Crippen molar-refractivity contribution in [2.75, 3.05) is 5.73 Å². The maximum Gasteiger partial charge on any atom is 0.266 e. The number of nitrogen functional groups attached to an aromatic ring is 1. The molecule has 0 unspecified atom stereocenters. The number of halogens is 3. The number of pyridine rings is 1. The summed E-state index contributed by atoms with van der Waals surface area (Å²) in [5.41, 5.74) is 5.75. The van der Waals surface area contributed by atoms with Crippen LogP contribution in [-0.4, -0.2) is 4.98 Å². The van der Waals surface area contributed by atoms with E-state index in [2.05, 4.69) is 4.98 Å². The maximum atomic E-state index is 12.2. The first kappa shape index (κ1) is 9.19. The molecule has 1 aromatic heterocycles. The Kier molecular flexibility index (Phi) is 2.47. The van der Waals surface area contributed by atoms with Gasteiger partial charge in [0.2, 0.25) is 0 Å². The van der Waals surface area contributed by atoms with E-state index < -0.39 is 6.43 Å². The van der Waals surface area contributed by atoms with Gasteiger partial charge in [-0.15, -0.1) is 0 Å². The van der Waals surface area contributed by atoms with Gasteiger partial charge in [-0.25, -0.2) is 13.8 Å². The molecule has 0 fully saturated rings. The molecule has 0 amide bonds. The van der Waals surface area contributed by atoms with E-state index in [0.29, 0.717) is 5.69 Å². The predicted molar refractivity (Wildman–Crippen MR) is 43.4 cm³/mol. The molecule has 66 valence electrons. The molecular formula is C7H7ClF2N2. The molecule has 0 saturated heterocycles. The molecule has 0 aliphatic rings. The molecule has 1 rings (SSSR count). The number of nitrogens with zero attached hydrogens (tertiary/aromatic N) is 1. The second-order valence-electron chi connectivity index (χ2n) is 2.34. The average molecular weight is 193 g/mol. The Morgan fingerprint density at radius 1 is 1.58 bits per heavy atom. The van der Waals surface area contributed by atoms with Crippen molar-refractivity contribution in [2.45, 2.75) is 13.3 Å². The molecule has 0 saturated carbocycles. The number of hydrogen-bond donors (Lipinski definition) is 1. The molecule has 1 heterocycles. The van der Waals surface area contributed by atoms with Crippen molar-refractivity contribution in [3.8, 4) is 0 Å². The molecule has 0 spiro atoms. The highest BCUT2D eigenvalue weighted by atomic mass is 35.5. The molecule has 0 aliphatic heterocycles. The Bertz CT molecular complexity index is 302.